The zero-order valence-electron chi connectivity index (χ0n) is 18.2. The third kappa shape index (κ3) is 3.26. The van der Waals surface area contributed by atoms with Gasteiger partial charge in [0.25, 0.3) is 0 Å². The number of methoxy groups -OCH3 is 2. The van der Waals surface area contributed by atoms with E-state index in [-0.39, 0.29) is 5.88 Å². The number of aryl methyl sites for hydroxylation is 3. The minimum Gasteiger partial charge on any atom is -0.497 e. The topological polar surface area (TPSA) is 106 Å². The number of nitriles is 1. The van der Waals surface area contributed by atoms with Gasteiger partial charge in [-0.2, -0.15) is 5.26 Å². The number of allylic oxidation sites excluding steroid dienone is 1. The largest absolute Gasteiger partial charge is 0.497 e. The summed E-state index contributed by atoms with van der Waals surface area (Å²) in [6, 6.07) is 12.0. The minimum absolute atomic E-state index is 0.0648. The van der Waals surface area contributed by atoms with Gasteiger partial charge in [-0.1, -0.05) is 17.7 Å². The van der Waals surface area contributed by atoms with Crippen molar-refractivity contribution >= 4 is 0 Å². The van der Waals surface area contributed by atoms with E-state index < -0.39 is 5.92 Å². The molecule has 0 saturated carbocycles. The Morgan fingerprint density at radius 2 is 1.77 bits per heavy atom. The molecule has 0 bridgehead atoms. The Morgan fingerprint density at radius 3 is 2.39 bits per heavy atom. The fourth-order valence-corrected chi connectivity index (χ4v) is 4.39. The molecule has 0 spiro atoms. The first kappa shape index (κ1) is 20.4. The summed E-state index contributed by atoms with van der Waals surface area (Å²) in [5, 5.41) is 17.4. The van der Waals surface area contributed by atoms with Crippen LogP contribution in [-0.2, 0) is 0 Å². The number of fused-ring (bicyclic) bond motifs is 1. The smallest absolute Gasteiger partial charge is 0.244 e. The van der Waals surface area contributed by atoms with Gasteiger partial charge in [0.2, 0.25) is 11.8 Å². The maximum atomic E-state index is 9.99. The molecule has 1 atom stereocenters. The maximum absolute atomic E-state index is 9.99. The van der Waals surface area contributed by atoms with Gasteiger partial charge in [-0.3, -0.25) is 5.10 Å². The van der Waals surface area contributed by atoms with Crippen LogP contribution < -0.4 is 19.9 Å². The molecule has 7 nitrogen and oxygen atoms in total. The first-order valence-electron chi connectivity index (χ1n) is 9.85. The van der Waals surface area contributed by atoms with Gasteiger partial charge in [0.1, 0.15) is 23.1 Å². The highest BCUT2D eigenvalue weighted by molar-refractivity contribution is 5.76. The van der Waals surface area contributed by atoms with E-state index in [2.05, 4.69) is 35.3 Å². The molecule has 0 amide bonds. The molecule has 1 aliphatic heterocycles. The zero-order valence-corrected chi connectivity index (χ0v) is 18.2. The molecule has 3 N–H and O–H groups in total. The van der Waals surface area contributed by atoms with Crippen LogP contribution in [0.4, 0.5) is 0 Å². The van der Waals surface area contributed by atoms with Crippen molar-refractivity contribution in [2.45, 2.75) is 26.7 Å². The minimum atomic E-state index is -0.431. The van der Waals surface area contributed by atoms with Crippen LogP contribution in [0.25, 0.3) is 11.3 Å². The number of nitrogens with zero attached hydrogens (tertiary/aromatic N) is 2. The van der Waals surface area contributed by atoms with Gasteiger partial charge in [-0.15, -0.1) is 5.10 Å². The molecule has 31 heavy (non-hydrogen) atoms. The number of aromatic amines is 1. The number of hydrogen-bond donors (Lipinski definition) is 2. The molecule has 2 heterocycles. The van der Waals surface area contributed by atoms with Crippen LogP contribution in [0.2, 0.25) is 0 Å². The van der Waals surface area contributed by atoms with Gasteiger partial charge in [-0.05, 0) is 55.7 Å². The van der Waals surface area contributed by atoms with Crippen LogP contribution in [0.15, 0.2) is 41.8 Å². The standard InChI is InChI=1S/C24H24N4O3/c1-12-8-13(2)19(14(3)9-12)20-17(11-25)23(26)31-24-21(20)22(27-28-24)16-10-15(29-4)6-7-18(16)30-5/h6-10,20H,26H2,1-5H3,(H,27,28)/t20-/m0/s1. The van der Waals surface area contributed by atoms with Gasteiger partial charge in [0, 0.05) is 5.56 Å². The van der Waals surface area contributed by atoms with Crippen molar-refractivity contribution < 1.29 is 14.2 Å². The fourth-order valence-electron chi connectivity index (χ4n) is 4.39. The molecule has 2 aromatic carbocycles. The van der Waals surface area contributed by atoms with Crippen molar-refractivity contribution in [2.24, 2.45) is 5.73 Å². The monoisotopic (exact) mass is 416 g/mol. The summed E-state index contributed by atoms with van der Waals surface area (Å²) in [6.07, 6.45) is 0. The summed E-state index contributed by atoms with van der Waals surface area (Å²) < 4.78 is 16.8. The van der Waals surface area contributed by atoms with Crippen LogP contribution in [0.1, 0.15) is 33.7 Å². The molecule has 0 radical (unpaired) electrons. The van der Waals surface area contributed by atoms with Crippen LogP contribution in [-0.4, -0.2) is 24.4 Å². The van der Waals surface area contributed by atoms with Crippen molar-refractivity contribution in [1.29, 1.82) is 5.26 Å². The molecular weight excluding hydrogens is 392 g/mol. The molecule has 4 rings (SSSR count). The van der Waals surface area contributed by atoms with E-state index in [1.165, 1.54) is 0 Å². The Balaban J connectivity index is 2.03. The second-order valence-corrected chi connectivity index (χ2v) is 7.62. The number of ether oxygens (including phenoxy) is 3. The fraction of sp³-hybridized carbons (Fsp3) is 0.250. The first-order valence-corrected chi connectivity index (χ1v) is 9.85. The quantitative estimate of drug-likeness (QED) is 0.659. The number of benzene rings is 2. The van der Waals surface area contributed by atoms with Gasteiger partial charge in [0.05, 0.1) is 31.4 Å². The number of nitrogens with one attached hydrogen (secondary N) is 1. The summed E-state index contributed by atoms with van der Waals surface area (Å²) in [5.41, 5.74) is 13.0. The molecule has 1 aromatic heterocycles. The first-order chi connectivity index (χ1) is 14.9. The van der Waals surface area contributed by atoms with Crippen molar-refractivity contribution in [1.82, 2.24) is 10.2 Å². The SMILES string of the molecule is COc1ccc(OC)c(-c2[nH]nc3c2[C@H](c2c(C)cc(C)cc2C)C(C#N)=C(N)O3)c1. The average molecular weight is 416 g/mol. The highest BCUT2D eigenvalue weighted by atomic mass is 16.5. The Hall–Kier alpha value is -3.92. The van der Waals surface area contributed by atoms with Crippen LogP contribution in [0.5, 0.6) is 17.4 Å². The molecule has 1 aliphatic rings. The molecule has 0 aliphatic carbocycles. The third-order valence-electron chi connectivity index (χ3n) is 5.64. The van der Waals surface area contributed by atoms with Crippen LogP contribution >= 0.6 is 0 Å². The van der Waals surface area contributed by atoms with E-state index in [0.29, 0.717) is 28.6 Å². The summed E-state index contributed by atoms with van der Waals surface area (Å²) in [4.78, 5) is 0. The summed E-state index contributed by atoms with van der Waals surface area (Å²) in [7, 11) is 3.21. The van der Waals surface area contributed by atoms with E-state index in [1.807, 2.05) is 32.0 Å². The Labute approximate surface area is 181 Å². The molecule has 0 unspecified atom stereocenters. The Morgan fingerprint density at radius 1 is 1.06 bits per heavy atom. The number of rotatable bonds is 4. The van der Waals surface area contributed by atoms with Gasteiger partial charge < -0.3 is 19.9 Å². The number of aromatic nitrogens is 2. The van der Waals surface area contributed by atoms with Crippen LogP contribution in [0, 0.1) is 32.1 Å². The zero-order chi connectivity index (χ0) is 22.3. The van der Waals surface area contributed by atoms with Gasteiger partial charge >= 0.3 is 0 Å². The molecule has 158 valence electrons. The number of H-pyrrole nitrogens is 1. The van der Waals surface area contributed by atoms with E-state index in [1.54, 1.807) is 14.2 Å². The van der Waals surface area contributed by atoms with Crippen LogP contribution in [0.3, 0.4) is 0 Å². The predicted molar refractivity (Wildman–Crippen MR) is 117 cm³/mol. The molecular formula is C24H24N4O3. The van der Waals surface area contributed by atoms with Gasteiger partial charge in [-0.25, -0.2) is 0 Å². The number of hydrogen-bond acceptors (Lipinski definition) is 6. The predicted octanol–water partition coefficient (Wildman–Crippen LogP) is 4.24. The molecule has 0 saturated heterocycles. The van der Waals surface area contributed by atoms with Gasteiger partial charge in [0.15, 0.2) is 0 Å². The lowest BCUT2D eigenvalue weighted by atomic mass is 9.78. The summed E-state index contributed by atoms with van der Waals surface area (Å²) in [6.45, 7) is 6.14. The Kier molecular flexibility index (Phi) is 5.07. The van der Waals surface area contributed by atoms with Crippen molar-refractivity contribution in [3.8, 4) is 34.7 Å². The second kappa shape index (κ2) is 7.73. The lowest BCUT2D eigenvalue weighted by Gasteiger charge is -2.27. The average Bonchev–Trinajstić information content (AvgIpc) is 3.15. The Bertz CT molecular complexity index is 1230. The van der Waals surface area contributed by atoms with Crippen molar-refractivity contribution in [2.75, 3.05) is 14.2 Å². The highest BCUT2D eigenvalue weighted by Gasteiger charge is 2.37. The van der Waals surface area contributed by atoms with E-state index >= 15 is 0 Å². The third-order valence-corrected chi connectivity index (χ3v) is 5.64. The molecule has 0 fully saturated rings. The van der Waals surface area contributed by atoms with Crippen molar-refractivity contribution in [3.05, 3.63) is 69.6 Å². The molecule has 3 aromatic rings. The maximum Gasteiger partial charge on any atom is 0.244 e. The normalized spacial score (nSPS) is 15.2. The lowest BCUT2D eigenvalue weighted by Crippen LogP contribution is -2.22. The highest BCUT2D eigenvalue weighted by Crippen LogP contribution is 2.49. The lowest BCUT2D eigenvalue weighted by molar-refractivity contribution is 0.378. The summed E-state index contributed by atoms with van der Waals surface area (Å²) >= 11 is 0. The second-order valence-electron chi connectivity index (χ2n) is 7.62. The molecule has 7 heteroatoms. The van der Waals surface area contributed by atoms with E-state index in [4.69, 9.17) is 19.9 Å². The van der Waals surface area contributed by atoms with E-state index in [0.717, 1.165) is 33.4 Å². The van der Waals surface area contributed by atoms with Crippen molar-refractivity contribution in [3.63, 3.8) is 0 Å². The number of nitrogens with two attached hydrogens (primary N) is 1. The van der Waals surface area contributed by atoms with E-state index in [9.17, 15) is 5.26 Å². The summed E-state index contributed by atoms with van der Waals surface area (Å²) in [5.74, 6) is 1.30.